The fraction of sp³-hybridized carbons (Fsp3) is 0.417. The molecule has 0 radical (unpaired) electrons. The summed E-state index contributed by atoms with van der Waals surface area (Å²) in [5, 5.41) is 8.37. The zero-order chi connectivity index (χ0) is 13.1. The van der Waals surface area contributed by atoms with Crippen LogP contribution in [0.4, 0.5) is 13.2 Å². The molecule has 0 unspecified atom stereocenters. The molecule has 0 saturated carbocycles. The number of hydrogen-bond acceptors (Lipinski definition) is 1. The maximum absolute atomic E-state index is 13.6. The van der Waals surface area contributed by atoms with E-state index in [0.717, 1.165) is 18.2 Å². The quantitative estimate of drug-likeness (QED) is 0.863. The average Bonchev–Trinajstić information content (AvgIpc) is 2.21. The number of aliphatic carboxylic acids is 1. The van der Waals surface area contributed by atoms with E-state index in [2.05, 4.69) is 0 Å². The highest BCUT2D eigenvalue weighted by Gasteiger charge is 2.31. The third-order valence-electron chi connectivity index (χ3n) is 2.46. The molecule has 1 rings (SSSR count). The first-order valence-electron chi connectivity index (χ1n) is 5.19. The van der Waals surface area contributed by atoms with E-state index in [-0.39, 0.29) is 24.0 Å². The van der Waals surface area contributed by atoms with Crippen LogP contribution in [0.2, 0.25) is 0 Å². The molecule has 0 saturated heterocycles. The van der Waals surface area contributed by atoms with Gasteiger partial charge in [0.1, 0.15) is 5.82 Å². The number of carbonyl (C=O) groups is 1. The molecule has 94 valence electrons. The van der Waals surface area contributed by atoms with Crippen LogP contribution in [0, 0.1) is 12.7 Å². The molecule has 0 aliphatic heterocycles. The fourth-order valence-electron chi connectivity index (χ4n) is 1.48. The second kappa shape index (κ2) is 5.21. The second-order valence-electron chi connectivity index (χ2n) is 3.92. The van der Waals surface area contributed by atoms with Gasteiger partial charge in [-0.1, -0.05) is 6.07 Å². The smallest absolute Gasteiger partial charge is 0.303 e. The Hall–Kier alpha value is -1.52. The Labute approximate surface area is 97.1 Å². The van der Waals surface area contributed by atoms with Gasteiger partial charge in [0, 0.05) is 18.4 Å². The summed E-state index contributed by atoms with van der Waals surface area (Å²) in [5.74, 6) is -4.75. The lowest BCUT2D eigenvalue weighted by Gasteiger charge is -2.16. The second-order valence-corrected chi connectivity index (χ2v) is 3.92. The van der Waals surface area contributed by atoms with Crippen LogP contribution in [0.25, 0.3) is 0 Å². The molecule has 5 heteroatoms. The molecule has 0 fully saturated rings. The van der Waals surface area contributed by atoms with Crippen LogP contribution < -0.4 is 0 Å². The maximum Gasteiger partial charge on any atom is 0.303 e. The summed E-state index contributed by atoms with van der Waals surface area (Å²) in [6.07, 6.45) is -0.959. The fourth-order valence-corrected chi connectivity index (χ4v) is 1.48. The number of carboxylic acid groups (broad SMARTS) is 1. The highest BCUT2D eigenvalue weighted by Crippen LogP contribution is 2.34. The van der Waals surface area contributed by atoms with Crippen molar-refractivity contribution >= 4 is 5.97 Å². The van der Waals surface area contributed by atoms with E-state index in [1.165, 1.54) is 6.92 Å². The van der Waals surface area contributed by atoms with E-state index >= 15 is 0 Å². The zero-order valence-corrected chi connectivity index (χ0v) is 9.34. The summed E-state index contributed by atoms with van der Waals surface area (Å²) in [5.41, 5.74) is -0.123. The van der Waals surface area contributed by atoms with Gasteiger partial charge in [-0.2, -0.15) is 0 Å². The molecule has 1 aromatic carbocycles. The van der Waals surface area contributed by atoms with Crippen molar-refractivity contribution in [2.24, 2.45) is 0 Å². The normalized spacial score (nSPS) is 11.5. The topological polar surface area (TPSA) is 37.3 Å². The molecule has 0 atom stereocenters. The van der Waals surface area contributed by atoms with Crippen molar-refractivity contribution in [1.29, 1.82) is 0 Å². The lowest BCUT2D eigenvalue weighted by Crippen LogP contribution is -2.14. The molecule has 0 heterocycles. The molecule has 0 spiro atoms. The molecular weight excluding hydrogens is 233 g/mol. The number of alkyl halides is 2. The number of aryl methyl sites for hydroxylation is 1. The summed E-state index contributed by atoms with van der Waals surface area (Å²) in [6, 6.07) is 3.12. The molecule has 2 nitrogen and oxygen atoms in total. The van der Waals surface area contributed by atoms with Crippen molar-refractivity contribution < 1.29 is 23.1 Å². The highest BCUT2D eigenvalue weighted by atomic mass is 19.3. The Bertz CT molecular complexity index is 416. The van der Waals surface area contributed by atoms with Gasteiger partial charge in [0.2, 0.25) is 0 Å². The van der Waals surface area contributed by atoms with Crippen LogP contribution in [-0.4, -0.2) is 11.1 Å². The molecule has 1 aromatic rings. The lowest BCUT2D eigenvalue weighted by atomic mass is 10.0. The van der Waals surface area contributed by atoms with E-state index in [0.29, 0.717) is 0 Å². The standard InChI is InChI=1S/C12H13F3O2/c1-8-7-9(4-5-10(8)13)12(14,15)6-2-3-11(16)17/h4-5,7H,2-3,6H2,1H3,(H,16,17). The highest BCUT2D eigenvalue weighted by molar-refractivity contribution is 5.66. The van der Waals surface area contributed by atoms with Gasteiger partial charge < -0.3 is 5.11 Å². The minimum absolute atomic E-state index is 0.112. The van der Waals surface area contributed by atoms with Crippen LogP contribution in [-0.2, 0) is 10.7 Å². The largest absolute Gasteiger partial charge is 0.481 e. The summed E-state index contributed by atoms with van der Waals surface area (Å²) in [4.78, 5) is 10.2. The molecule has 17 heavy (non-hydrogen) atoms. The zero-order valence-electron chi connectivity index (χ0n) is 9.34. The number of hydrogen-bond donors (Lipinski definition) is 1. The van der Waals surface area contributed by atoms with Crippen molar-refractivity contribution in [2.75, 3.05) is 0 Å². The predicted octanol–water partition coefficient (Wildman–Crippen LogP) is 3.48. The Kier molecular flexibility index (Phi) is 4.15. The summed E-state index contributed by atoms with van der Waals surface area (Å²) in [6.45, 7) is 1.41. The number of carboxylic acids is 1. The Morgan fingerprint density at radius 3 is 2.59 bits per heavy atom. The monoisotopic (exact) mass is 246 g/mol. The van der Waals surface area contributed by atoms with E-state index in [1.54, 1.807) is 0 Å². The Balaban J connectivity index is 2.74. The summed E-state index contributed by atoms with van der Waals surface area (Å²) < 4.78 is 40.1. The maximum atomic E-state index is 13.6. The minimum atomic E-state index is -3.12. The van der Waals surface area contributed by atoms with Crippen LogP contribution in [0.5, 0.6) is 0 Å². The first-order chi connectivity index (χ1) is 7.83. The van der Waals surface area contributed by atoms with Crippen molar-refractivity contribution in [3.8, 4) is 0 Å². The lowest BCUT2D eigenvalue weighted by molar-refractivity contribution is -0.137. The van der Waals surface area contributed by atoms with Gasteiger partial charge in [0.05, 0.1) is 0 Å². The van der Waals surface area contributed by atoms with Crippen molar-refractivity contribution in [3.63, 3.8) is 0 Å². The van der Waals surface area contributed by atoms with E-state index in [9.17, 15) is 18.0 Å². The van der Waals surface area contributed by atoms with Crippen LogP contribution in [0.1, 0.15) is 30.4 Å². The summed E-state index contributed by atoms with van der Waals surface area (Å²) in [7, 11) is 0. The molecular formula is C12H13F3O2. The van der Waals surface area contributed by atoms with E-state index in [4.69, 9.17) is 5.11 Å². The first-order valence-corrected chi connectivity index (χ1v) is 5.19. The van der Waals surface area contributed by atoms with Crippen molar-refractivity contribution in [3.05, 3.63) is 35.1 Å². The molecule has 0 bridgehead atoms. The van der Waals surface area contributed by atoms with Crippen LogP contribution in [0.15, 0.2) is 18.2 Å². The van der Waals surface area contributed by atoms with Crippen molar-refractivity contribution in [2.45, 2.75) is 32.1 Å². The molecule has 0 amide bonds. The average molecular weight is 246 g/mol. The van der Waals surface area contributed by atoms with Gasteiger partial charge in [-0.3, -0.25) is 4.79 Å². The number of benzene rings is 1. The van der Waals surface area contributed by atoms with E-state index < -0.39 is 24.1 Å². The van der Waals surface area contributed by atoms with Crippen LogP contribution >= 0.6 is 0 Å². The summed E-state index contributed by atoms with van der Waals surface area (Å²) >= 11 is 0. The molecule has 0 aliphatic carbocycles. The third-order valence-corrected chi connectivity index (χ3v) is 2.46. The predicted molar refractivity (Wildman–Crippen MR) is 56.5 cm³/mol. The Morgan fingerprint density at radius 1 is 1.41 bits per heavy atom. The molecule has 0 aliphatic rings. The van der Waals surface area contributed by atoms with Gasteiger partial charge in [-0.25, -0.2) is 13.2 Å². The van der Waals surface area contributed by atoms with Crippen molar-refractivity contribution in [1.82, 2.24) is 0 Å². The first kappa shape index (κ1) is 13.5. The molecule has 1 N–H and O–H groups in total. The van der Waals surface area contributed by atoms with Crippen LogP contribution in [0.3, 0.4) is 0 Å². The Morgan fingerprint density at radius 2 is 2.06 bits per heavy atom. The van der Waals surface area contributed by atoms with Gasteiger partial charge in [-0.05, 0) is 31.0 Å². The minimum Gasteiger partial charge on any atom is -0.481 e. The number of halogens is 3. The third kappa shape index (κ3) is 3.76. The SMILES string of the molecule is Cc1cc(C(F)(F)CCCC(=O)O)ccc1F. The number of rotatable bonds is 5. The molecule has 0 aromatic heterocycles. The van der Waals surface area contributed by atoms with Gasteiger partial charge >= 0.3 is 5.97 Å². The van der Waals surface area contributed by atoms with E-state index in [1.807, 2.05) is 0 Å². The van der Waals surface area contributed by atoms with Gasteiger partial charge in [0.15, 0.2) is 0 Å². The van der Waals surface area contributed by atoms with Gasteiger partial charge in [0.25, 0.3) is 5.92 Å². The van der Waals surface area contributed by atoms with Gasteiger partial charge in [-0.15, -0.1) is 0 Å².